The standard InChI is InChI=1S/C11H11F5N2O2/c1-9-4-2-5(4)10(12,13)8(9)18(3-6(19)20)17-7(9)11(14,15)16/h4-5,8H,2-3H2,1H3,(H,19,20)/t4?,5?,8?,9-/m1/s1. The molecule has 2 aliphatic carbocycles. The van der Waals surface area contributed by atoms with Crippen molar-refractivity contribution in [1.29, 1.82) is 0 Å². The van der Waals surface area contributed by atoms with Gasteiger partial charge in [0.15, 0.2) is 0 Å². The molecular formula is C11H11F5N2O2. The molecule has 9 heteroatoms. The summed E-state index contributed by atoms with van der Waals surface area (Å²) in [6.07, 6.45) is -4.82. The second kappa shape index (κ2) is 3.43. The monoisotopic (exact) mass is 298 g/mol. The van der Waals surface area contributed by atoms with E-state index in [1.807, 2.05) is 0 Å². The molecule has 0 aromatic carbocycles. The SMILES string of the molecule is C[C@@]12C(C(F)(F)F)=NN(CC(=O)O)C1C(F)(F)C1CC12. The Morgan fingerprint density at radius 2 is 2.05 bits per heavy atom. The number of fused-ring (bicyclic) bond motifs is 3. The summed E-state index contributed by atoms with van der Waals surface area (Å²) >= 11 is 0. The minimum atomic E-state index is -4.84. The molecule has 0 amide bonds. The zero-order valence-electron chi connectivity index (χ0n) is 10.3. The number of aliphatic carboxylic acids is 1. The summed E-state index contributed by atoms with van der Waals surface area (Å²) in [4.78, 5) is 10.7. The van der Waals surface area contributed by atoms with Gasteiger partial charge >= 0.3 is 12.1 Å². The molecule has 0 aromatic heterocycles. The Kier molecular flexibility index (Phi) is 2.32. The fourth-order valence-electron chi connectivity index (χ4n) is 3.82. The van der Waals surface area contributed by atoms with Crippen LogP contribution in [0.15, 0.2) is 5.10 Å². The molecule has 0 radical (unpaired) electrons. The first-order chi connectivity index (χ1) is 9.00. The van der Waals surface area contributed by atoms with Crippen molar-refractivity contribution in [3.8, 4) is 0 Å². The minimum Gasteiger partial charge on any atom is -0.480 e. The van der Waals surface area contributed by atoms with E-state index in [1.165, 1.54) is 0 Å². The van der Waals surface area contributed by atoms with E-state index < -0.39 is 53.6 Å². The van der Waals surface area contributed by atoms with E-state index >= 15 is 0 Å². The molecule has 4 atom stereocenters. The average Bonchev–Trinajstić information content (AvgIpc) is 2.94. The summed E-state index contributed by atoms with van der Waals surface area (Å²) in [6, 6.07) is -1.83. The molecule has 3 rings (SSSR count). The van der Waals surface area contributed by atoms with Gasteiger partial charge in [0.2, 0.25) is 0 Å². The second-order valence-corrected chi connectivity index (χ2v) is 5.75. The number of carboxylic acid groups (broad SMARTS) is 1. The molecule has 0 aromatic rings. The Morgan fingerprint density at radius 1 is 1.45 bits per heavy atom. The van der Waals surface area contributed by atoms with E-state index in [0.29, 0.717) is 5.01 Å². The van der Waals surface area contributed by atoms with Crippen LogP contribution < -0.4 is 0 Å². The van der Waals surface area contributed by atoms with Crippen LogP contribution in [0.25, 0.3) is 0 Å². The van der Waals surface area contributed by atoms with Gasteiger partial charge in [0, 0.05) is 11.3 Å². The number of nitrogens with zero attached hydrogens (tertiary/aromatic N) is 2. The lowest BCUT2D eigenvalue weighted by Crippen LogP contribution is -2.52. The van der Waals surface area contributed by atoms with Crippen molar-refractivity contribution in [2.24, 2.45) is 22.4 Å². The van der Waals surface area contributed by atoms with Gasteiger partial charge in [-0.05, 0) is 12.3 Å². The van der Waals surface area contributed by atoms with Gasteiger partial charge in [0.25, 0.3) is 5.92 Å². The maximum atomic E-state index is 14.2. The largest absolute Gasteiger partial charge is 0.480 e. The first-order valence-corrected chi connectivity index (χ1v) is 6.03. The van der Waals surface area contributed by atoms with Crippen LogP contribution in [-0.2, 0) is 4.79 Å². The molecule has 112 valence electrons. The summed E-state index contributed by atoms with van der Waals surface area (Å²) in [7, 11) is 0. The van der Waals surface area contributed by atoms with Gasteiger partial charge in [-0.2, -0.15) is 18.3 Å². The van der Waals surface area contributed by atoms with Crippen molar-refractivity contribution in [3.05, 3.63) is 0 Å². The molecule has 1 N–H and O–H groups in total. The minimum absolute atomic E-state index is 0.0238. The van der Waals surface area contributed by atoms with E-state index in [9.17, 15) is 26.7 Å². The first-order valence-electron chi connectivity index (χ1n) is 6.03. The molecule has 3 aliphatic rings. The van der Waals surface area contributed by atoms with E-state index in [-0.39, 0.29) is 6.42 Å². The number of carboxylic acids is 1. The molecule has 4 nitrogen and oxygen atoms in total. The van der Waals surface area contributed by atoms with Crippen molar-refractivity contribution >= 4 is 11.7 Å². The van der Waals surface area contributed by atoms with Crippen LogP contribution in [0.2, 0.25) is 0 Å². The first kappa shape index (κ1) is 13.6. The molecule has 0 saturated heterocycles. The molecule has 20 heavy (non-hydrogen) atoms. The highest BCUT2D eigenvalue weighted by molar-refractivity contribution is 5.98. The fourth-order valence-corrected chi connectivity index (χ4v) is 3.82. The number of rotatable bonds is 2. The number of hydrogen-bond donors (Lipinski definition) is 1. The lowest BCUT2D eigenvalue weighted by Gasteiger charge is -2.35. The Morgan fingerprint density at radius 3 is 2.55 bits per heavy atom. The highest BCUT2D eigenvalue weighted by Gasteiger charge is 2.82. The predicted molar refractivity (Wildman–Crippen MR) is 56.3 cm³/mol. The van der Waals surface area contributed by atoms with E-state index in [4.69, 9.17) is 5.11 Å². The van der Waals surface area contributed by atoms with Crippen molar-refractivity contribution in [2.75, 3.05) is 6.54 Å². The normalized spacial score (nSPS) is 41.2. The van der Waals surface area contributed by atoms with Crippen molar-refractivity contribution < 1.29 is 31.9 Å². The molecular weight excluding hydrogens is 287 g/mol. The molecule has 0 spiro atoms. The van der Waals surface area contributed by atoms with Crippen LogP contribution in [0.5, 0.6) is 0 Å². The van der Waals surface area contributed by atoms with Crippen LogP contribution in [-0.4, -0.2) is 46.5 Å². The smallest absolute Gasteiger partial charge is 0.431 e. The Labute approximate surface area is 110 Å². The Bertz CT molecular complexity index is 517. The highest BCUT2D eigenvalue weighted by atomic mass is 19.4. The summed E-state index contributed by atoms with van der Waals surface area (Å²) in [5.74, 6) is -6.75. The third kappa shape index (κ3) is 1.46. The molecule has 0 bridgehead atoms. The zero-order valence-corrected chi connectivity index (χ0v) is 10.3. The van der Waals surface area contributed by atoms with Gasteiger partial charge in [0.05, 0.1) is 0 Å². The number of hydrazone groups is 1. The van der Waals surface area contributed by atoms with Gasteiger partial charge in [0.1, 0.15) is 18.3 Å². The summed E-state index contributed by atoms with van der Waals surface area (Å²) in [5.41, 5.74) is -3.11. The third-order valence-electron chi connectivity index (χ3n) is 4.59. The summed E-state index contributed by atoms with van der Waals surface area (Å²) in [5, 5.41) is 12.3. The van der Waals surface area contributed by atoms with Gasteiger partial charge in [-0.3, -0.25) is 9.80 Å². The van der Waals surface area contributed by atoms with Gasteiger partial charge in [-0.15, -0.1) is 0 Å². The maximum absolute atomic E-state index is 14.2. The van der Waals surface area contributed by atoms with Crippen molar-refractivity contribution in [3.63, 3.8) is 0 Å². The van der Waals surface area contributed by atoms with Crippen LogP contribution >= 0.6 is 0 Å². The number of alkyl halides is 5. The van der Waals surface area contributed by atoms with Crippen LogP contribution in [0, 0.1) is 17.3 Å². The fraction of sp³-hybridized carbons (Fsp3) is 0.818. The van der Waals surface area contributed by atoms with E-state index in [0.717, 1.165) is 6.92 Å². The predicted octanol–water partition coefficient (Wildman–Crippen LogP) is 1.96. The number of hydrogen-bond acceptors (Lipinski definition) is 3. The lowest BCUT2D eigenvalue weighted by molar-refractivity contribution is -0.143. The molecule has 1 heterocycles. The second-order valence-electron chi connectivity index (χ2n) is 5.75. The highest BCUT2D eigenvalue weighted by Crippen LogP contribution is 2.72. The zero-order chi connectivity index (χ0) is 15.1. The number of halogens is 5. The third-order valence-corrected chi connectivity index (χ3v) is 4.59. The average molecular weight is 298 g/mol. The van der Waals surface area contributed by atoms with E-state index in [1.54, 1.807) is 0 Å². The molecule has 3 unspecified atom stereocenters. The maximum Gasteiger partial charge on any atom is 0.431 e. The lowest BCUT2D eigenvalue weighted by atomic mass is 9.76. The van der Waals surface area contributed by atoms with E-state index in [2.05, 4.69) is 5.10 Å². The van der Waals surface area contributed by atoms with Crippen LogP contribution in [0.1, 0.15) is 13.3 Å². The van der Waals surface area contributed by atoms with Gasteiger partial charge in [-0.1, -0.05) is 6.92 Å². The van der Waals surface area contributed by atoms with Crippen molar-refractivity contribution in [1.82, 2.24) is 5.01 Å². The van der Waals surface area contributed by atoms with Gasteiger partial charge in [-0.25, -0.2) is 8.78 Å². The summed E-state index contributed by atoms with van der Waals surface area (Å²) < 4.78 is 67.5. The summed E-state index contributed by atoms with van der Waals surface area (Å²) in [6.45, 7) is 0.159. The molecule has 1 aliphatic heterocycles. The Balaban J connectivity index is 2.07. The quantitative estimate of drug-likeness (QED) is 0.793. The Hall–Kier alpha value is -1.41. The topological polar surface area (TPSA) is 52.9 Å². The van der Waals surface area contributed by atoms with Crippen LogP contribution in [0.4, 0.5) is 22.0 Å². The van der Waals surface area contributed by atoms with Crippen molar-refractivity contribution in [2.45, 2.75) is 31.5 Å². The molecule has 2 saturated carbocycles. The molecule has 2 fully saturated rings. The van der Waals surface area contributed by atoms with Crippen LogP contribution in [0.3, 0.4) is 0 Å². The van der Waals surface area contributed by atoms with Gasteiger partial charge < -0.3 is 5.11 Å². The number of carbonyl (C=O) groups is 1.